The van der Waals surface area contributed by atoms with Crippen molar-refractivity contribution < 1.29 is 4.79 Å². The van der Waals surface area contributed by atoms with Gasteiger partial charge in [-0.2, -0.15) is 0 Å². The summed E-state index contributed by atoms with van der Waals surface area (Å²) in [5, 5.41) is 12.7. The first-order valence-corrected chi connectivity index (χ1v) is 10.2. The Labute approximate surface area is 167 Å². The highest BCUT2D eigenvalue weighted by Crippen LogP contribution is 2.29. The number of nitrogens with one attached hydrogen (secondary N) is 1. The summed E-state index contributed by atoms with van der Waals surface area (Å²) in [4.78, 5) is 13.3. The third kappa shape index (κ3) is 5.04. The predicted octanol–water partition coefficient (Wildman–Crippen LogP) is 5.74. The number of carbonyl (C=O) groups is 1. The molecule has 4 nitrogen and oxygen atoms in total. The summed E-state index contributed by atoms with van der Waals surface area (Å²) in [6, 6.07) is 15.2. The first-order valence-electron chi connectivity index (χ1n) is 7.34. The zero-order valence-electron chi connectivity index (χ0n) is 13.1. The number of carbonyl (C=O) groups excluding carboxylic acids is 1. The minimum absolute atomic E-state index is 0.113. The van der Waals surface area contributed by atoms with Crippen LogP contribution in [0.15, 0.2) is 57.9 Å². The summed E-state index contributed by atoms with van der Waals surface area (Å²) in [6.07, 6.45) is 0. The lowest BCUT2D eigenvalue weighted by molar-refractivity contribution is -0.115. The highest BCUT2D eigenvalue weighted by atomic mass is 79.9. The van der Waals surface area contributed by atoms with Crippen LogP contribution >= 0.6 is 50.6 Å². The molecule has 0 saturated heterocycles. The van der Waals surface area contributed by atoms with E-state index in [1.165, 1.54) is 23.1 Å². The molecule has 128 valence electrons. The first-order chi connectivity index (χ1) is 12.0. The number of halogens is 2. The summed E-state index contributed by atoms with van der Waals surface area (Å²) in [7, 11) is 0. The normalized spacial score (nSPS) is 12.0. The molecule has 1 heterocycles. The molecule has 0 aliphatic rings. The number of thioether (sulfide) groups is 1. The van der Waals surface area contributed by atoms with Gasteiger partial charge in [-0.25, -0.2) is 0 Å². The Morgan fingerprint density at radius 1 is 1.16 bits per heavy atom. The molecule has 1 N–H and O–H groups in total. The van der Waals surface area contributed by atoms with Crippen molar-refractivity contribution in [1.29, 1.82) is 0 Å². The molecule has 1 amide bonds. The second-order valence-electron chi connectivity index (χ2n) is 5.12. The molecule has 25 heavy (non-hydrogen) atoms. The van der Waals surface area contributed by atoms with Crippen LogP contribution in [0.25, 0.3) is 10.6 Å². The van der Waals surface area contributed by atoms with E-state index in [4.69, 9.17) is 11.6 Å². The molecule has 3 aromatic rings. The van der Waals surface area contributed by atoms with Crippen molar-refractivity contribution >= 4 is 61.7 Å². The molecule has 0 aliphatic carbocycles. The number of anilines is 1. The molecule has 0 saturated carbocycles. The highest BCUT2D eigenvalue weighted by Gasteiger charge is 2.17. The summed E-state index contributed by atoms with van der Waals surface area (Å²) in [5.41, 5.74) is 0.963. The van der Waals surface area contributed by atoms with Crippen molar-refractivity contribution in [2.45, 2.75) is 17.1 Å². The van der Waals surface area contributed by atoms with Gasteiger partial charge in [-0.3, -0.25) is 10.1 Å². The van der Waals surface area contributed by atoms with Crippen molar-refractivity contribution in [1.82, 2.24) is 10.2 Å². The molecule has 0 bridgehead atoms. The Morgan fingerprint density at radius 3 is 2.52 bits per heavy atom. The van der Waals surface area contributed by atoms with E-state index in [0.717, 1.165) is 19.9 Å². The van der Waals surface area contributed by atoms with Crippen molar-refractivity contribution in [3.63, 3.8) is 0 Å². The summed E-state index contributed by atoms with van der Waals surface area (Å²) in [5.74, 6) is -0.113. The van der Waals surface area contributed by atoms with Crippen LogP contribution in [0.3, 0.4) is 0 Å². The van der Waals surface area contributed by atoms with E-state index in [1.807, 2.05) is 55.5 Å². The molecule has 2 aromatic carbocycles. The monoisotopic (exact) mass is 453 g/mol. The van der Waals surface area contributed by atoms with Crippen LogP contribution in [-0.4, -0.2) is 21.4 Å². The van der Waals surface area contributed by atoms with E-state index in [2.05, 4.69) is 31.4 Å². The fourth-order valence-electron chi connectivity index (χ4n) is 1.96. The van der Waals surface area contributed by atoms with Gasteiger partial charge < -0.3 is 0 Å². The number of rotatable bonds is 5. The van der Waals surface area contributed by atoms with Gasteiger partial charge in [0.25, 0.3) is 0 Å². The van der Waals surface area contributed by atoms with E-state index in [9.17, 15) is 4.79 Å². The molecule has 0 radical (unpaired) electrons. The minimum atomic E-state index is -0.263. The van der Waals surface area contributed by atoms with Gasteiger partial charge in [0.15, 0.2) is 0 Å². The lowest BCUT2D eigenvalue weighted by atomic mass is 10.2. The molecule has 1 aromatic heterocycles. The maximum absolute atomic E-state index is 12.3. The molecular formula is C17H13BrClN3OS2. The molecular weight excluding hydrogens is 442 g/mol. The van der Waals surface area contributed by atoms with E-state index >= 15 is 0 Å². The summed E-state index contributed by atoms with van der Waals surface area (Å²) < 4.78 is 1.00. The Bertz CT molecular complexity index is 868. The maximum Gasteiger partial charge on any atom is 0.239 e. The van der Waals surface area contributed by atoms with Crippen LogP contribution in [0.1, 0.15) is 6.92 Å². The van der Waals surface area contributed by atoms with E-state index in [-0.39, 0.29) is 11.2 Å². The van der Waals surface area contributed by atoms with E-state index in [1.54, 1.807) is 0 Å². The predicted molar refractivity (Wildman–Crippen MR) is 108 cm³/mol. The highest BCUT2D eigenvalue weighted by molar-refractivity contribution is 9.10. The summed E-state index contributed by atoms with van der Waals surface area (Å²) >= 11 is 12.1. The number of aromatic nitrogens is 2. The van der Waals surface area contributed by atoms with Crippen LogP contribution in [0.2, 0.25) is 5.02 Å². The maximum atomic E-state index is 12.3. The Kier molecular flexibility index (Phi) is 6.11. The van der Waals surface area contributed by atoms with Crippen LogP contribution in [0.5, 0.6) is 0 Å². The van der Waals surface area contributed by atoms with Gasteiger partial charge in [0, 0.05) is 20.0 Å². The minimum Gasteiger partial charge on any atom is -0.300 e. The van der Waals surface area contributed by atoms with Crippen molar-refractivity contribution in [2.75, 3.05) is 5.32 Å². The van der Waals surface area contributed by atoms with Crippen LogP contribution in [0.4, 0.5) is 5.13 Å². The van der Waals surface area contributed by atoms with E-state index in [0.29, 0.717) is 10.2 Å². The van der Waals surface area contributed by atoms with E-state index < -0.39 is 0 Å². The quantitative estimate of drug-likeness (QED) is 0.499. The van der Waals surface area contributed by atoms with Gasteiger partial charge >= 0.3 is 0 Å². The average Bonchev–Trinajstić information content (AvgIpc) is 3.06. The van der Waals surface area contributed by atoms with Gasteiger partial charge in [-0.15, -0.1) is 22.0 Å². The molecule has 1 unspecified atom stereocenters. The van der Waals surface area contributed by atoms with Gasteiger partial charge in [0.05, 0.1) is 5.25 Å². The first kappa shape index (κ1) is 18.4. The number of hydrogen-bond donors (Lipinski definition) is 1. The average molecular weight is 455 g/mol. The van der Waals surface area contributed by atoms with Crippen molar-refractivity contribution in [2.24, 2.45) is 0 Å². The Morgan fingerprint density at radius 2 is 1.84 bits per heavy atom. The van der Waals surface area contributed by atoms with Gasteiger partial charge in [-0.1, -0.05) is 51.0 Å². The van der Waals surface area contributed by atoms with Gasteiger partial charge in [0.1, 0.15) is 5.01 Å². The molecule has 8 heteroatoms. The Hall–Kier alpha value is -1.41. The molecule has 0 spiro atoms. The smallest absolute Gasteiger partial charge is 0.239 e. The molecule has 3 rings (SSSR count). The van der Waals surface area contributed by atoms with Crippen LogP contribution in [-0.2, 0) is 4.79 Å². The summed E-state index contributed by atoms with van der Waals surface area (Å²) in [6.45, 7) is 1.85. The topological polar surface area (TPSA) is 54.9 Å². The lowest BCUT2D eigenvalue weighted by Crippen LogP contribution is -2.22. The number of hydrogen-bond acceptors (Lipinski definition) is 5. The number of amides is 1. The fraction of sp³-hybridized carbons (Fsp3) is 0.118. The zero-order valence-corrected chi connectivity index (χ0v) is 17.0. The third-order valence-corrected chi connectivity index (χ3v) is 6.02. The SMILES string of the molecule is CC(Sc1ccc(Cl)cc1)C(=O)Nc1nnc(-c2ccc(Br)cc2)s1. The van der Waals surface area contributed by atoms with Gasteiger partial charge in [-0.05, 0) is 43.3 Å². The molecule has 0 aliphatic heterocycles. The zero-order chi connectivity index (χ0) is 17.8. The number of benzene rings is 2. The molecule has 0 fully saturated rings. The van der Waals surface area contributed by atoms with Crippen LogP contribution in [0, 0.1) is 0 Å². The second-order valence-corrected chi connectivity index (χ2v) is 8.87. The van der Waals surface area contributed by atoms with Gasteiger partial charge in [0.2, 0.25) is 11.0 Å². The third-order valence-electron chi connectivity index (χ3n) is 3.24. The van der Waals surface area contributed by atoms with Crippen molar-refractivity contribution in [3.8, 4) is 10.6 Å². The molecule has 1 atom stereocenters. The van der Waals surface area contributed by atoms with Crippen LogP contribution < -0.4 is 5.32 Å². The standard InChI is InChI=1S/C17H13BrClN3OS2/c1-10(24-14-8-6-13(19)7-9-14)15(23)20-17-22-21-16(25-17)11-2-4-12(18)5-3-11/h2-10H,1H3,(H,20,22,23). The van der Waals surface area contributed by atoms with Crippen molar-refractivity contribution in [3.05, 3.63) is 58.0 Å². The largest absolute Gasteiger partial charge is 0.300 e. The second kappa shape index (κ2) is 8.31. The fourth-order valence-corrected chi connectivity index (χ4v) is 3.97. The lowest BCUT2D eigenvalue weighted by Gasteiger charge is -2.10. The Balaban J connectivity index is 1.62. The number of nitrogens with zero attached hydrogens (tertiary/aromatic N) is 2.